The summed E-state index contributed by atoms with van der Waals surface area (Å²) in [5.74, 6) is -0.195. The minimum absolute atomic E-state index is 0.120. The first kappa shape index (κ1) is 16.5. The molecule has 0 unspecified atom stereocenters. The number of thiophene rings is 1. The molecule has 2 aromatic rings. The molecule has 0 saturated heterocycles. The molecule has 126 valence electrons. The minimum atomic E-state index is -0.503. The smallest absolute Gasteiger partial charge is 0.262 e. The molecule has 3 N–H and O–H groups in total. The van der Waals surface area contributed by atoms with Crippen molar-refractivity contribution in [2.75, 3.05) is 25.5 Å². The molecule has 7 heteroatoms. The van der Waals surface area contributed by atoms with Crippen LogP contribution in [0.15, 0.2) is 30.3 Å². The molecular weight excluding hydrogens is 326 g/mol. The van der Waals surface area contributed by atoms with Crippen LogP contribution >= 0.6 is 11.3 Å². The summed E-state index contributed by atoms with van der Waals surface area (Å²) in [5, 5.41) is 3.29. The van der Waals surface area contributed by atoms with Gasteiger partial charge in [-0.1, -0.05) is 18.2 Å². The van der Waals surface area contributed by atoms with Gasteiger partial charge >= 0.3 is 0 Å². The molecule has 24 heavy (non-hydrogen) atoms. The third-order valence-corrected chi connectivity index (χ3v) is 4.99. The SMILES string of the molecule is CN1CCc2c(sc(NC(=O)COc3ccccc3)c2C(N)=O)C1. The summed E-state index contributed by atoms with van der Waals surface area (Å²) in [6, 6.07) is 9.10. The number of ether oxygens (including phenoxy) is 1. The fourth-order valence-corrected chi connectivity index (χ4v) is 4.06. The Bertz CT molecular complexity index is 758. The summed E-state index contributed by atoms with van der Waals surface area (Å²) in [6.45, 7) is 1.51. The Balaban J connectivity index is 1.72. The number of primary amides is 1. The largest absolute Gasteiger partial charge is 0.484 e. The number of carbonyl (C=O) groups is 2. The third-order valence-electron chi connectivity index (χ3n) is 3.86. The van der Waals surface area contributed by atoms with Crippen molar-refractivity contribution in [1.82, 2.24) is 4.90 Å². The van der Waals surface area contributed by atoms with Crippen molar-refractivity contribution >= 4 is 28.2 Å². The Morgan fingerprint density at radius 1 is 1.33 bits per heavy atom. The Labute approximate surface area is 144 Å². The van der Waals surface area contributed by atoms with Crippen molar-refractivity contribution < 1.29 is 14.3 Å². The number of hydrogen-bond acceptors (Lipinski definition) is 5. The van der Waals surface area contributed by atoms with E-state index in [1.54, 1.807) is 12.1 Å². The van der Waals surface area contributed by atoms with Gasteiger partial charge in [0, 0.05) is 18.0 Å². The van der Waals surface area contributed by atoms with Crippen molar-refractivity contribution in [3.8, 4) is 5.75 Å². The number of fused-ring (bicyclic) bond motifs is 1. The van der Waals surface area contributed by atoms with Gasteiger partial charge in [0.25, 0.3) is 11.8 Å². The van der Waals surface area contributed by atoms with E-state index in [0.717, 1.165) is 30.0 Å². The molecule has 0 aliphatic carbocycles. The van der Waals surface area contributed by atoms with Gasteiger partial charge in [-0.3, -0.25) is 9.59 Å². The van der Waals surface area contributed by atoms with E-state index in [0.29, 0.717) is 16.3 Å². The number of hydrogen-bond donors (Lipinski definition) is 2. The second-order valence-corrected chi connectivity index (χ2v) is 6.82. The molecule has 1 aliphatic heterocycles. The molecule has 0 saturated carbocycles. The maximum atomic E-state index is 12.1. The van der Waals surface area contributed by atoms with Gasteiger partial charge in [-0.2, -0.15) is 0 Å². The average molecular weight is 345 g/mol. The highest BCUT2D eigenvalue weighted by Gasteiger charge is 2.26. The molecule has 3 rings (SSSR count). The van der Waals surface area contributed by atoms with Gasteiger partial charge in [-0.15, -0.1) is 11.3 Å². The van der Waals surface area contributed by atoms with Crippen LogP contribution in [0.5, 0.6) is 5.75 Å². The molecular formula is C17H19N3O3S. The van der Waals surface area contributed by atoms with Gasteiger partial charge in [0.2, 0.25) is 0 Å². The highest BCUT2D eigenvalue weighted by atomic mass is 32.1. The lowest BCUT2D eigenvalue weighted by atomic mass is 10.0. The summed E-state index contributed by atoms with van der Waals surface area (Å²) >= 11 is 1.41. The molecule has 0 bridgehead atoms. The van der Waals surface area contributed by atoms with Crippen LogP contribution in [0.3, 0.4) is 0 Å². The van der Waals surface area contributed by atoms with Gasteiger partial charge < -0.3 is 20.7 Å². The van der Waals surface area contributed by atoms with Crippen LogP contribution in [-0.4, -0.2) is 36.9 Å². The van der Waals surface area contributed by atoms with Gasteiger partial charge in [-0.05, 0) is 31.2 Å². The van der Waals surface area contributed by atoms with E-state index in [2.05, 4.69) is 10.2 Å². The number of carbonyl (C=O) groups excluding carboxylic acids is 2. The summed E-state index contributed by atoms with van der Waals surface area (Å²) in [7, 11) is 2.03. The normalized spacial score (nSPS) is 14.0. The fourth-order valence-electron chi connectivity index (χ4n) is 2.71. The van der Waals surface area contributed by atoms with E-state index in [4.69, 9.17) is 10.5 Å². The van der Waals surface area contributed by atoms with E-state index < -0.39 is 5.91 Å². The average Bonchev–Trinajstić information content (AvgIpc) is 2.90. The molecule has 0 spiro atoms. The minimum Gasteiger partial charge on any atom is -0.484 e. The second kappa shape index (κ2) is 7.02. The Morgan fingerprint density at radius 3 is 2.79 bits per heavy atom. The predicted molar refractivity (Wildman–Crippen MR) is 93.4 cm³/mol. The van der Waals surface area contributed by atoms with Gasteiger partial charge in [-0.25, -0.2) is 0 Å². The zero-order valence-electron chi connectivity index (χ0n) is 13.4. The molecule has 1 aliphatic rings. The van der Waals surface area contributed by atoms with Crippen LogP contribution in [0.25, 0.3) is 0 Å². The van der Waals surface area contributed by atoms with Gasteiger partial charge in [0.05, 0.1) is 5.56 Å². The van der Waals surface area contributed by atoms with Crippen molar-refractivity contribution in [3.63, 3.8) is 0 Å². The Morgan fingerprint density at radius 2 is 2.08 bits per heavy atom. The molecule has 2 heterocycles. The summed E-state index contributed by atoms with van der Waals surface area (Å²) in [4.78, 5) is 27.2. The van der Waals surface area contributed by atoms with E-state index >= 15 is 0 Å². The van der Waals surface area contributed by atoms with Crippen LogP contribution < -0.4 is 15.8 Å². The van der Waals surface area contributed by atoms with Gasteiger partial charge in [0.1, 0.15) is 10.8 Å². The lowest BCUT2D eigenvalue weighted by Crippen LogP contribution is -2.27. The number of amides is 2. The molecule has 1 aromatic heterocycles. The molecule has 0 atom stereocenters. The van der Waals surface area contributed by atoms with E-state index in [1.165, 1.54) is 11.3 Å². The molecule has 6 nitrogen and oxygen atoms in total. The number of rotatable bonds is 5. The van der Waals surface area contributed by atoms with Crippen LogP contribution in [0.1, 0.15) is 20.8 Å². The summed E-state index contributed by atoms with van der Waals surface area (Å²) in [6.07, 6.45) is 0.761. The topological polar surface area (TPSA) is 84.7 Å². The first-order valence-electron chi connectivity index (χ1n) is 7.65. The standard InChI is InChI=1S/C17H19N3O3S/c1-20-8-7-12-13(9-20)24-17(15(12)16(18)22)19-14(21)10-23-11-5-3-2-4-6-11/h2-6H,7-10H2,1H3,(H2,18,22)(H,19,21). The Kier molecular flexibility index (Phi) is 4.82. The second-order valence-electron chi connectivity index (χ2n) is 5.71. The van der Waals surface area contributed by atoms with E-state index in [9.17, 15) is 9.59 Å². The number of nitrogens with two attached hydrogens (primary N) is 1. The predicted octanol–water partition coefficient (Wildman–Crippen LogP) is 1.85. The van der Waals surface area contributed by atoms with Crippen molar-refractivity contribution in [2.24, 2.45) is 5.73 Å². The maximum Gasteiger partial charge on any atom is 0.262 e. The van der Waals surface area contributed by atoms with Crippen LogP contribution in [-0.2, 0) is 17.8 Å². The molecule has 0 radical (unpaired) electrons. The highest BCUT2D eigenvalue weighted by molar-refractivity contribution is 7.17. The first-order chi connectivity index (χ1) is 11.5. The van der Waals surface area contributed by atoms with Crippen LogP contribution in [0, 0.1) is 0 Å². The van der Waals surface area contributed by atoms with Crippen molar-refractivity contribution in [3.05, 3.63) is 46.3 Å². The van der Waals surface area contributed by atoms with E-state index in [1.807, 2.05) is 25.2 Å². The van der Waals surface area contributed by atoms with Crippen molar-refractivity contribution in [1.29, 1.82) is 0 Å². The molecule has 1 aromatic carbocycles. The van der Waals surface area contributed by atoms with E-state index in [-0.39, 0.29) is 12.5 Å². The molecule has 0 fully saturated rings. The number of benzene rings is 1. The number of anilines is 1. The van der Waals surface area contributed by atoms with Crippen LogP contribution in [0.4, 0.5) is 5.00 Å². The van der Waals surface area contributed by atoms with Crippen LogP contribution in [0.2, 0.25) is 0 Å². The number of para-hydroxylation sites is 1. The maximum absolute atomic E-state index is 12.1. The zero-order valence-corrected chi connectivity index (χ0v) is 14.2. The highest BCUT2D eigenvalue weighted by Crippen LogP contribution is 2.36. The Hall–Kier alpha value is -2.38. The summed E-state index contributed by atoms with van der Waals surface area (Å²) < 4.78 is 5.43. The summed E-state index contributed by atoms with van der Waals surface area (Å²) in [5.41, 5.74) is 6.93. The monoisotopic (exact) mass is 345 g/mol. The first-order valence-corrected chi connectivity index (χ1v) is 8.47. The molecule has 2 amide bonds. The number of nitrogens with one attached hydrogen (secondary N) is 1. The zero-order chi connectivity index (χ0) is 17.1. The lowest BCUT2D eigenvalue weighted by molar-refractivity contribution is -0.118. The van der Waals surface area contributed by atoms with Gasteiger partial charge in [0.15, 0.2) is 6.61 Å². The van der Waals surface area contributed by atoms with Crippen molar-refractivity contribution in [2.45, 2.75) is 13.0 Å². The number of likely N-dealkylation sites (N-methyl/N-ethyl adjacent to an activating group) is 1. The third kappa shape index (κ3) is 3.58. The lowest BCUT2D eigenvalue weighted by Gasteiger charge is -2.22. The number of nitrogens with zero attached hydrogens (tertiary/aromatic N) is 1. The quantitative estimate of drug-likeness (QED) is 0.866. The fraction of sp³-hybridized carbons (Fsp3) is 0.294.